The molecule has 1 amide bonds. The van der Waals surface area contributed by atoms with Gasteiger partial charge >= 0.3 is 0 Å². The molecule has 0 unspecified atom stereocenters. The third-order valence-electron chi connectivity index (χ3n) is 7.48. The fourth-order valence-electron chi connectivity index (χ4n) is 6.41. The highest BCUT2D eigenvalue weighted by molar-refractivity contribution is 5.93. The van der Waals surface area contributed by atoms with Crippen LogP contribution in [-0.4, -0.2) is 21.7 Å². The average molecular weight is 327 g/mol. The van der Waals surface area contributed by atoms with Gasteiger partial charge in [-0.05, 0) is 87.5 Å². The molecule has 0 spiro atoms. The number of aryl methyl sites for hydroxylation is 1. The summed E-state index contributed by atoms with van der Waals surface area (Å²) < 4.78 is 1.77. The summed E-state index contributed by atoms with van der Waals surface area (Å²) in [6.07, 6.45) is 10.8. The number of hydrogen-bond acceptors (Lipinski definition) is 2. The molecule has 130 valence electrons. The molecule has 4 bridgehead atoms. The van der Waals surface area contributed by atoms with Crippen molar-refractivity contribution in [2.24, 2.45) is 30.2 Å². The van der Waals surface area contributed by atoms with Crippen molar-refractivity contribution in [3.63, 3.8) is 0 Å². The molecule has 1 aromatic heterocycles. The summed E-state index contributed by atoms with van der Waals surface area (Å²) in [5.74, 6) is 3.44. The summed E-state index contributed by atoms with van der Waals surface area (Å²) in [6, 6.07) is 2.29. The Bertz CT molecular complexity index is 637. The van der Waals surface area contributed by atoms with Crippen LogP contribution in [0.3, 0.4) is 0 Å². The van der Waals surface area contributed by atoms with E-state index in [4.69, 9.17) is 0 Å². The van der Waals surface area contributed by atoms with Crippen LogP contribution in [0.4, 0.5) is 0 Å². The third-order valence-corrected chi connectivity index (χ3v) is 7.48. The molecule has 24 heavy (non-hydrogen) atoms. The normalized spacial score (nSPS) is 38.3. The quantitative estimate of drug-likeness (QED) is 0.918. The van der Waals surface area contributed by atoms with E-state index in [1.807, 2.05) is 13.1 Å². The summed E-state index contributed by atoms with van der Waals surface area (Å²) in [7, 11) is 1.90. The van der Waals surface area contributed by atoms with Crippen LogP contribution in [0.25, 0.3) is 0 Å². The summed E-state index contributed by atoms with van der Waals surface area (Å²) >= 11 is 0. The minimum Gasteiger partial charge on any atom is -0.348 e. The topological polar surface area (TPSA) is 46.9 Å². The summed E-state index contributed by atoms with van der Waals surface area (Å²) in [4.78, 5) is 12.9. The number of amides is 1. The van der Waals surface area contributed by atoms with E-state index in [0.29, 0.717) is 11.3 Å². The third kappa shape index (κ3) is 2.33. The molecular weight excluding hydrogens is 298 g/mol. The van der Waals surface area contributed by atoms with E-state index in [0.717, 1.165) is 29.1 Å². The highest BCUT2D eigenvalue weighted by atomic mass is 16.2. The molecule has 6 rings (SSSR count). The molecule has 5 aliphatic carbocycles. The molecule has 4 heteroatoms. The van der Waals surface area contributed by atoms with Gasteiger partial charge in [-0.2, -0.15) is 5.10 Å². The summed E-state index contributed by atoms with van der Waals surface area (Å²) in [6.45, 7) is 2.25. The zero-order chi connectivity index (χ0) is 16.5. The van der Waals surface area contributed by atoms with Crippen LogP contribution in [0.2, 0.25) is 0 Å². The Morgan fingerprint density at radius 1 is 1.21 bits per heavy atom. The maximum Gasteiger partial charge on any atom is 0.269 e. The lowest BCUT2D eigenvalue weighted by Gasteiger charge is -2.59. The van der Waals surface area contributed by atoms with Gasteiger partial charge in [0.1, 0.15) is 5.69 Å². The molecule has 5 saturated carbocycles. The van der Waals surface area contributed by atoms with E-state index >= 15 is 0 Å². The van der Waals surface area contributed by atoms with Crippen molar-refractivity contribution in [3.8, 4) is 0 Å². The zero-order valence-electron chi connectivity index (χ0n) is 14.9. The van der Waals surface area contributed by atoms with Crippen molar-refractivity contribution < 1.29 is 4.79 Å². The maximum absolute atomic E-state index is 12.9. The van der Waals surface area contributed by atoms with Crippen LogP contribution in [0.15, 0.2) is 6.07 Å². The van der Waals surface area contributed by atoms with Gasteiger partial charge in [-0.25, -0.2) is 0 Å². The lowest BCUT2D eigenvalue weighted by atomic mass is 9.48. The molecule has 0 saturated heterocycles. The number of carbonyl (C=O) groups excluding carboxylic acids is 1. The highest BCUT2D eigenvalue weighted by Gasteiger charge is 2.53. The van der Waals surface area contributed by atoms with Gasteiger partial charge in [-0.1, -0.05) is 0 Å². The molecule has 0 aliphatic heterocycles. The Balaban J connectivity index is 1.33. The molecular formula is C20H29N3O. The van der Waals surface area contributed by atoms with Crippen LogP contribution < -0.4 is 5.32 Å². The van der Waals surface area contributed by atoms with E-state index < -0.39 is 0 Å². The van der Waals surface area contributed by atoms with Crippen molar-refractivity contribution in [2.75, 3.05) is 0 Å². The first-order valence-electron chi connectivity index (χ1n) is 9.87. The van der Waals surface area contributed by atoms with Crippen molar-refractivity contribution in [3.05, 3.63) is 17.5 Å². The van der Waals surface area contributed by atoms with E-state index in [1.54, 1.807) is 4.68 Å². The van der Waals surface area contributed by atoms with Crippen LogP contribution in [-0.2, 0) is 7.05 Å². The van der Waals surface area contributed by atoms with E-state index in [-0.39, 0.29) is 11.9 Å². The first-order valence-corrected chi connectivity index (χ1v) is 9.87. The fraction of sp³-hybridized carbons (Fsp3) is 0.800. The number of nitrogens with zero attached hydrogens (tertiary/aromatic N) is 2. The van der Waals surface area contributed by atoms with Crippen LogP contribution in [0.5, 0.6) is 0 Å². The average Bonchev–Trinajstić information content (AvgIpc) is 3.28. The second-order valence-corrected chi connectivity index (χ2v) is 9.33. The number of hydrogen-bond donors (Lipinski definition) is 1. The molecule has 1 aromatic rings. The molecule has 1 N–H and O–H groups in total. The number of rotatable bonds is 4. The number of nitrogens with one attached hydrogen (secondary N) is 1. The van der Waals surface area contributed by atoms with Gasteiger partial charge in [0, 0.05) is 19.0 Å². The second kappa shape index (κ2) is 5.09. The van der Waals surface area contributed by atoms with Gasteiger partial charge in [-0.3, -0.25) is 9.48 Å². The van der Waals surface area contributed by atoms with Crippen molar-refractivity contribution in [1.29, 1.82) is 0 Å². The van der Waals surface area contributed by atoms with Gasteiger partial charge < -0.3 is 5.32 Å². The second-order valence-electron chi connectivity index (χ2n) is 9.33. The van der Waals surface area contributed by atoms with Gasteiger partial charge in [-0.15, -0.1) is 0 Å². The Morgan fingerprint density at radius 2 is 1.79 bits per heavy atom. The molecule has 5 aliphatic rings. The lowest BCUT2D eigenvalue weighted by molar-refractivity contribution is -0.0688. The molecule has 5 fully saturated rings. The van der Waals surface area contributed by atoms with Crippen molar-refractivity contribution in [2.45, 2.75) is 70.3 Å². The molecule has 4 nitrogen and oxygen atoms in total. The van der Waals surface area contributed by atoms with E-state index in [9.17, 15) is 4.79 Å². The Kier molecular flexibility index (Phi) is 3.18. The summed E-state index contributed by atoms with van der Waals surface area (Å²) in [5, 5.41) is 7.92. The molecule has 1 heterocycles. The Hall–Kier alpha value is -1.32. The Morgan fingerprint density at radius 3 is 2.33 bits per heavy atom. The number of aromatic nitrogens is 2. The minimum absolute atomic E-state index is 0.0696. The standard InChI is InChI=1S/C20H29N3O/c1-12(20-9-13-5-14(10-20)7-15(6-13)11-20)21-19(24)18-8-17(16-3-4-16)22-23(18)2/h8,12-16H,3-7,9-11H2,1-2H3,(H,21,24)/t12-,13?,14?,15?,20?/m0/s1. The first kappa shape index (κ1) is 15.0. The summed E-state index contributed by atoms with van der Waals surface area (Å²) in [5.41, 5.74) is 2.20. The van der Waals surface area contributed by atoms with Gasteiger partial charge in [0.25, 0.3) is 5.91 Å². The van der Waals surface area contributed by atoms with Gasteiger partial charge in [0.2, 0.25) is 0 Å². The van der Waals surface area contributed by atoms with E-state index in [2.05, 4.69) is 17.3 Å². The maximum atomic E-state index is 12.9. The minimum atomic E-state index is 0.0696. The smallest absolute Gasteiger partial charge is 0.269 e. The Labute approximate surface area is 144 Å². The molecule has 0 radical (unpaired) electrons. The molecule has 0 aromatic carbocycles. The van der Waals surface area contributed by atoms with Crippen LogP contribution in [0.1, 0.15) is 80.4 Å². The highest BCUT2D eigenvalue weighted by Crippen LogP contribution is 2.61. The first-order chi connectivity index (χ1) is 11.5. The van der Waals surface area contributed by atoms with Crippen LogP contribution >= 0.6 is 0 Å². The van der Waals surface area contributed by atoms with E-state index in [1.165, 1.54) is 51.4 Å². The predicted molar refractivity (Wildman–Crippen MR) is 92.7 cm³/mol. The molecule has 1 atom stereocenters. The van der Waals surface area contributed by atoms with Crippen molar-refractivity contribution in [1.82, 2.24) is 15.1 Å². The van der Waals surface area contributed by atoms with Gasteiger partial charge in [0.05, 0.1) is 5.69 Å². The SMILES string of the molecule is C[C@H](NC(=O)c1cc(C2CC2)nn1C)C12CC3CC(CC(C3)C1)C2. The number of carbonyl (C=O) groups is 1. The zero-order valence-corrected chi connectivity index (χ0v) is 14.9. The fourth-order valence-corrected chi connectivity index (χ4v) is 6.41. The lowest BCUT2D eigenvalue weighted by Crippen LogP contribution is -2.55. The predicted octanol–water partition coefficient (Wildman–Crippen LogP) is 3.63. The largest absolute Gasteiger partial charge is 0.348 e. The van der Waals surface area contributed by atoms with Gasteiger partial charge in [0.15, 0.2) is 0 Å². The van der Waals surface area contributed by atoms with Crippen molar-refractivity contribution >= 4 is 5.91 Å². The monoisotopic (exact) mass is 327 g/mol. The van der Waals surface area contributed by atoms with Crippen LogP contribution in [0, 0.1) is 23.2 Å².